The second kappa shape index (κ2) is 12.7. The molecule has 0 unspecified atom stereocenters. The van der Waals surface area contributed by atoms with Crippen LogP contribution in [0.1, 0.15) is 77.3 Å². The summed E-state index contributed by atoms with van der Waals surface area (Å²) in [6, 6.07) is 13.9. The Kier molecular flexibility index (Phi) is 8.11. The number of nitrogens with one attached hydrogen (secondary N) is 2. The summed E-state index contributed by atoms with van der Waals surface area (Å²) in [6.45, 7) is 6.56. The van der Waals surface area contributed by atoms with Gasteiger partial charge < -0.3 is 20.4 Å². The molecule has 4 aliphatic rings. The highest BCUT2D eigenvalue weighted by atomic mass is 16.2. The zero-order valence-electron chi connectivity index (χ0n) is 28.0. The van der Waals surface area contributed by atoms with Crippen LogP contribution in [0.25, 0.3) is 11.1 Å². The number of amides is 2. The van der Waals surface area contributed by atoms with Crippen LogP contribution in [0.5, 0.6) is 0 Å². The van der Waals surface area contributed by atoms with Gasteiger partial charge in [0.15, 0.2) is 5.78 Å². The van der Waals surface area contributed by atoms with Crippen molar-refractivity contribution in [3.63, 3.8) is 0 Å². The van der Waals surface area contributed by atoms with Gasteiger partial charge in [0, 0.05) is 75.5 Å². The molecule has 1 aromatic carbocycles. The van der Waals surface area contributed by atoms with E-state index in [2.05, 4.69) is 43.2 Å². The van der Waals surface area contributed by atoms with E-state index in [4.69, 9.17) is 10.1 Å². The number of fused-ring (bicyclic) bond motifs is 3. The van der Waals surface area contributed by atoms with Crippen molar-refractivity contribution in [2.75, 3.05) is 48.8 Å². The van der Waals surface area contributed by atoms with Crippen LogP contribution in [-0.2, 0) is 17.9 Å². The lowest BCUT2D eigenvalue weighted by molar-refractivity contribution is -0.117. The SMILES string of the molecule is CCC(=O)c1cnc(NC(=O)C2CC2)cc1Nc1cccc2c1N(C)Cc1c-2cnn1C1CN(Cc2cccc(C(=O)N3CCCC3)n2)C1. The van der Waals surface area contributed by atoms with Crippen LogP contribution in [0.3, 0.4) is 0 Å². The molecule has 0 radical (unpaired) electrons. The Morgan fingerprint density at radius 2 is 1.76 bits per heavy atom. The highest BCUT2D eigenvalue weighted by molar-refractivity contribution is 6.03. The van der Waals surface area contributed by atoms with Crippen LogP contribution in [0.2, 0.25) is 0 Å². The normalized spacial score (nSPS) is 17.3. The molecule has 1 aliphatic carbocycles. The smallest absolute Gasteiger partial charge is 0.272 e. The minimum Gasteiger partial charge on any atom is -0.366 e. The molecule has 12 nitrogen and oxygen atoms in total. The fourth-order valence-corrected chi connectivity index (χ4v) is 7.24. The Labute approximate surface area is 285 Å². The van der Waals surface area contributed by atoms with Gasteiger partial charge in [0.2, 0.25) is 5.91 Å². The van der Waals surface area contributed by atoms with Crippen LogP contribution in [-0.4, -0.2) is 80.4 Å². The van der Waals surface area contributed by atoms with Gasteiger partial charge in [-0.2, -0.15) is 5.10 Å². The third-order valence-corrected chi connectivity index (χ3v) is 10.1. The molecule has 2 saturated heterocycles. The van der Waals surface area contributed by atoms with E-state index in [0.717, 1.165) is 80.1 Å². The van der Waals surface area contributed by atoms with Crippen molar-refractivity contribution in [3.05, 3.63) is 77.5 Å². The summed E-state index contributed by atoms with van der Waals surface area (Å²) in [4.78, 5) is 53.8. The first kappa shape index (κ1) is 31.2. The number of hydrogen-bond acceptors (Lipinski definition) is 9. The number of carbonyl (C=O) groups excluding carboxylic acids is 3. The molecule has 2 amide bonds. The predicted molar refractivity (Wildman–Crippen MR) is 187 cm³/mol. The Morgan fingerprint density at radius 1 is 0.959 bits per heavy atom. The molecule has 8 rings (SSSR count). The summed E-state index contributed by atoms with van der Waals surface area (Å²) in [5.74, 6) is 0.463. The maximum Gasteiger partial charge on any atom is 0.272 e. The predicted octanol–water partition coefficient (Wildman–Crippen LogP) is 5.27. The van der Waals surface area contributed by atoms with E-state index >= 15 is 0 Å². The fraction of sp³-hybridized carbons (Fsp3) is 0.405. The highest BCUT2D eigenvalue weighted by Crippen LogP contribution is 2.45. The van der Waals surface area contributed by atoms with Crippen molar-refractivity contribution >= 4 is 40.5 Å². The Bertz CT molecular complexity index is 1940. The molecule has 4 aromatic rings. The summed E-state index contributed by atoms with van der Waals surface area (Å²) in [7, 11) is 2.07. The van der Waals surface area contributed by atoms with Crippen LogP contribution >= 0.6 is 0 Å². The molecular formula is C37H41N9O3. The van der Waals surface area contributed by atoms with Crippen LogP contribution in [0.15, 0.2) is 54.9 Å². The lowest BCUT2D eigenvalue weighted by atomic mass is 9.97. The first-order valence-corrected chi connectivity index (χ1v) is 17.4. The van der Waals surface area contributed by atoms with Crippen LogP contribution < -0.4 is 15.5 Å². The lowest BCUT2D eigenvalue weighted by Gasteiger charge is -2.40. The number of rotatable bonds is 10. The number of hydrogen-bond donors (Lipinski definition) is 2. The number of nitrogens with zero attached hydrogens (tertiary/aromatic N) is 7. The number of aromatic nitrogens is 4. The van der Waals surface area contributed by atoms with Gasteiger partial charge in [-0.1, -0.05) is 25.1 Å². The monoisotopic (exact) mass is 659 g/mol. The van der Waals surface area contributed by atoms with E-state index in [1.807, 2.05) is 48.4 Å². The number of carbonyl (C=O) groups is 3. The number of benzene rings is 1. The number of likely N-dealkylation sites (tertiary alicyclic amines) is 2. The maximum absolute atomic E-state index is 12.9. The number of Topliss-reactive ketones (excluding diaryl/α,β-unsaturated/α-hetero) is 1. The molecule has 3 fully saturated rings. The summed E-state index contributed by atoms with van der Waals surface area (Å²) >= 11 is 0. The first-order chi connectivity index (χ1) is 23.9. The Morgan fingerprint density at radius 3 is 2.53 bits per heavy atom. The zero-order valence-corrected chi connectivity index (χ0v) is 28.0. The van der Waals surface area contributed by atoms with Crippen LogP contribution in [0.4, 0.5) is 22.9 Å². The summed E-state index contributed by atoms with van der Waals surface area (Å²) in [5.41, 5.74) is 7.78. The molecule has 49 heavy (non-hydrogen) atoms. The van der Waals surface area contributed by atoms with Crippen molar-refractivity contribution in [2.24, 2.45) is 5.92 Å². The summed E-state index contributed by atoms with van der Waals surface area (Å²) in [6.07, 6.45) is 7.80. The first-order valence-electron chi connectivity index (χ1n) is 17.4. The molecule has 12 heteroatoms. The van der Waals surface area contributed by atoms with E-state index in [-0.39, 0.29) is 29.6 Å². The number of para-hydroxylation sites is 1. The maximum atomic E-state index is 12.9. The van der Waals surface area contributed by atoms with Gasteiger partial charge >= 0.3 is 0 Å². The van der Waals surface area contributed by atoms with Crippen molar-refractivity contribution in [1.82, 2.24) is 29.5 Å². The quantitative estimate of drug-likeness (QED) is 0.219. The van der Waals surface area contributed by atoms with Crippen molar-refractivity contribution in [3.8, 4) is 11.1 Å². The second-order valence-corrected chi connectivity index (χ2v) is 13.6. The number of anilines is 4. The molecule has 0 spiro atoms. The average molecular weight is 660 g/mol. The largest absolute Gasteiger partial charge is 0.366 e. The Hall–Kier alpha value is -5.10. The average Bonchev–Trinajstić information content (AvgIpc) is 3.65. The molecule has 0 atom stereocenters. The zero-order chi connectivity index (χ0) is 33.6. The van der Waals surface area contributed by atoms with Gasteiger partial charge in [-0.3, -0.25) is 24.0 Å². The lowest BCUT2D eigenvalue weighted by Crippen LogP contribution is -2.48. The molecular weight excluding hydrogens is 618 g/mol. The van der Waals surface area contributed by atoms with Gasteiger partial charge in [0.25, 0.3) is 5.91 Å². The minimum absolute atomic E-state index is 0.0228. The molecule has 2 N–H and O–H groups in total. The standard InChI is InChI=1S/C37H41N9O3/c1-3-33(47)28-17-38-34(42-36(48)23-12-13-23)16-31(28)41-29-10-7-9-26-27-18-39-46(32(27)22-43(2)35(26)29)25-20-44(21-25)19-24-8-6-11-30(40-24)37(49)45-14-4-5-15-45/h6-11,16-18,23,25H,3-5,12-15,19-22H2,1-2H3,(H2,38,41,42,48). The van der Waals surface area contributed by atoms with E-state index in [1.165, 1.54) is 5.69 Å². The van der Waals surface area contributed by atoms with E-state index in [1.54, 1.807) is 12.3 Å². The van der Waals surface area contributed by atoms with Crippen LogP contribution in [0, 0.1) is 5.92 Å². The van der Waals surface area contributed by atoms with Gasteiger partial charge in [-0.15, -0.1) is 0 Å². The molecule has 3 aromatic heterocycles. The topological polar surface area (TPSA) is 129 Å². The van der Waals surface area contributed by atoms with Gasteiger partial charge in [0.1, 0.15) is 11.5 Å². The fourth-order valence-electron chi connectivity index (χ4n) is 7.24. The third kappa shape index (κ3) is 6.05. The molecule has 6 heterocycles. The van der Waals surface area contributed by atoms with E-state index in [9.17, 15) is 14.4 Å². The van der Waals surface area contributed by atoms with E-state index in [0.29, 0.717) is 42.3 Å². The van der Waals surface area contributed by atoms with Crippen molar-refractivity contribution < 1.29 is 14.4 Å². The Balaban J connectivity index is 0.992. The highest BCUT2D eigenvalue weighted by Gasteiger charge is 2.35. The van der Waals surface area contributed by atoms with Crippen molar-refractivity contribution in [1.29, 1.82) is 0 Å². The molecule has 1 saturated carbocycles. The van der Waals surface area contributed by atoms with Gasteiger partial charge in [-0.05, 0) is 43.9 Å². The molecule has 0 bridgehead atoms. The van der Waals surface area contributed by atoms with Gasteiger partial charge in [0.05, 0.1) is 52.8 Å². The number of pyridine rings is 2. The minimum atomic E-state index is -0.0285. The van der Waals surface area contributed by atoms with Crippen molar-refractivity contribution in [2.45, 2.75) is 58.2 Å². The molecule has 3 aliphatic heterocycles. The third-order valence-electron chi connectivity index (χ3n) is 10.1. The second-order valence-electron chi connectivity index (χ2n) is 13.6. The van der Waals surface area contributed by atoms with E-state index < -0.39 is 0 Å². The molecule has 252 valence electrons. The summed E-state index contributed by atoms with van der Waals surface area (Å²) < 4.78 is 2.17. The van der Waals surface area contributed by atoms with Gasteiger partial charge in [-0.25, -0.2) is 9.97 Å². The number of ketones is 1. The summed E-state index contributed by atoms with van der Waals surface area (Å²) in [5, 5.41) is 11.3.